The standard InChI is InChI=1S/C20H22F2N2O3S/c1-23(14-16-7-8-17(21)13-18(16)22)20(25)19(15-5-3-2-4-6-15)24-9-11-28(26,27)12-10-24/h2-8,13,19H,9-12,14H2,1H3. The molecule has 1 amide bonds. The Morgan fingerprint density at radius 2 is 1.75 bits per heavy atom. The first-order valence-corrected chi connectivity index (χ1v) is 10.8. The second kappa shape index (κ2) is 8.36. The second-order valence-electron chi connectivity index (χ2n) is 6.93. The molecule has 0 saturated carbocycles. The maximum atomic E-state index is 14.0. The average Bonchev–Trinajstić information content (AvgIpc) is 2.66. The van der Waals surface area contributed by atoms with Crippen LogP contribution in [0.4, 0.5) is 8.78 Å². The van der Waals surface area contributed by atoms with Crippen LogP contribution in [0.1, 0.15) is 17.2 Å². The normalized spacial score (nSPS) is 17.8. The van der Waals surface area contributed by atoms with E-state index < -0.39 is 27.5 Å². The van der Waals surface area contributed by atoms with Crippen LogP contribution in [0.5, 0.6) is 0 Å². The van der Waals surface area contributed by atoms with Crippen LogP contribution in [0.25, 0.3) is 0 Å². The summed E-state index contributed by atoms with van der Waals surface area (Å²) >= 11 is 0. The van der Waals surface area contributed by atoms with Gasteiger partial charge in [0.25, 0.3) is 0 Å². The van der Waals surface area contributed by atoms with Crippen molar-refractivity contribution in [2.24, 2.45) is 0 Å². The number of sulfone groups is 1. The van der Waals surface area contributed by atoms with Crippen molar-refractivity contribution in [2.75, 3.05) is 31.6 Å². The molecule has 5 nitrogen and oxygen atoms in total. The number of rotatable bonds is 5. The summed E-state index contributed by atoms with van der Waals surface area (Å²) in [7, 11) is -1.53. The fraction of sp³-hybridized carbons (Fsp3) is 0.350. The number of carbonyl (C=O) groups is 1. The third-order valence-corrected chi connectivity index (χ3v) is 6.50. The molecule has 0 bridgehead atoms. The lowest BCUT2D eigenvalue weighted by Crippen LogP contribution is -2.47. The zero-order chi connectivity index (χ0) is 20.3. The van der Waals surface area contributed by atoms with E-state index in [1.807, 2.05) is 35.2 Å². The topological polar surface area (TPSA) is 57.7 Å². The fourth-order valence-electron chi connectivity index (χ4n) is 3.32. The summed E-state index contributed by atoms with van der Waals surface area (Å²) in [5, 5.41) is 0. The van der Waals surface area contributed by atoms with Gasteiger partial charge in [-0.25, -0.2) is 17.2 Å². The molecule has 150 valence electrons. The van der Waals surface area contributed by atoms with E-state index in [9.17, 15) is 22.0 Å². The summed E-state index contributed by atoms with van der Waals surface area (Å²) in [4.78, 5) is 16.5. The van der Waals surface area contributed by atoms with Crippen LogP contribution in [0.3, 0.4) is 0 Å². The van der Waals surface area contributed by atoms with E-state index >= 15 is 0 Å². The van der Waals surface area contributed by atoms with E-state index in [2.05, 4.69) is 0 Å². The first-order chi connectivity index (χ1) is 13.3. The number of halogens is 2. The summed E-state index contributed by atoms with van der Waals surface area (Å²) < 4.78 is 50.6. The minimum Gasteiger partial charge on any atom is -0.340 e. The predicted octanol–water partition coefficient (Wildman–Crippen LogP) is 2.39. The van der Waals surface area contributed by atoms with Crippen LogP contribution >= 0.6 is 0 Å². The van der Waals surface area contributed by atoms with Gasteiger partial charge in [-0.2, -0.15) is 0 Å². The van der Waals surface area contributed by atoms with E-state index in [0.717, 1.165) is 17.7 Å². The SMILES string of the molecule is CN(Cc1ccc(F)cc1F)C(=O)C(c1ccccc1)N1CCS(=O)(=O)CC1. The highest BCUT2D eigenvalue weighted by Gasteiger charge is 2.34. The lowest BCUT2D eigenvalue weighted by Gasteiger charge is -2.35. The van der Waals surface area contributed by atoms with E-state index in [0.29, 0.717) is 0 Å². The Hall–Kier alpha value is -2.32. The third-order valence-electron chi connectivity index (χ3n) is 4.89. The molecule has 2 aromatic carbocycles. The van der Waals surface area contributed by atoms with Crippen LogP contribution in [0.15, 0.2) is 48.5 Å². The molecule has 0 spiro atoms. The molecule has 2 aromatic rings. The van der Waals surface area contributed by atoms with Gasteiger partial charge in [0.1, 0.15) is 17.7 Å². The maximum Gasteiger partial charge on any atom is 0.244 e. The molecule has 1 saturated heterocycles. The number of carbonyl (C=O) groups excluding carboxylic acids is 1. The minimum absolute atomic E-state index is 0.0000812. The number of amides is 1. The molecule has 1 aliphatic rings. The number of hydrogen-bond donors (Lipinski definition) is 0. The highest BCUT2D eigenvalue weighted by atomic mass is 32.2. The Bertz CT molecular complexity index is 937. The van der Waals surface area contributed by atoms with Crippen molar-refractivity contribution < 1.29 is 22.0 Å². The lowest BCUT2D eigenvalue weighted by atomic mass is 10.0. The maximum absolute atomic E-state index is 14.0. The Morgan fingerprint density at radius 1 is 1.11 bits per heavy atom. The predicted molar refractivity (Wildman–Crippen MR) is 102 cm³/mol. The van der Waals surface area contributed by atoms with Crippen LogP contribution in [-0.4, -0.2) is 55.8 Å². The van der Waals surface area contributed by atoms with Crippen molar-refractivity contribution >= 4 is 15.7 Å². The summed E-state index contributed by atoms with van der Waals surface area (Å²) in [6, 6.07) is 11.7. The van der Waals surface area contributed by atoms with Crippen molar-refractivity contribution in [1.29, 1.82) is 0 Å². The van der Waals surface area contributed by atoms with Crippen molar-refractivity contribution in [3.63, 3.8) is 0 Å². The number of hydrogen-bond acceptors (Lipinski definition) is 4. The van der Waals surface area contributed by atoms with Crippen LogP contribution in [0, 0.1) is 11.6 Å². The van der Waals surface area contributed by atoms with Gasteiger partial charge in [0.2, 0.25) is 5.91 Å². The highest BCUT2D eigenvalue weighted by Crippen LogP contribution is 2.26. The van der Waals surface area contributed by atoms with E-state index in [1.54, 1.807) is 7.05 Å². The van der Waals surface area contributed by atoms with Gasteiger partial charge < -0.3 is 4.90 Å². The van der Waals surface area contributed by atoms with Crippen LogP contribution < -0.4 is 0 Å². The van der Waals surface area contributed by atoms with E-state index in [1.165, 1.54) is 11.0 Å². The van der Waals surface area contributed by atoms with Crippen molar-refractivity contribution in [2.45, 2.75) is 12.6 Å². The van der Waals surface area contributed by atoms with Gasteiger partial charge in [-0.15, -0.1) is 0 Å². The number of nitrogens with zero attached hydrogens (tertiary/aromatic N) is 2. The quantitative estimate of drug-likeness (QED) is 0.762. The van der Waals surface area contributed by atoms with Gasteiger partial charge in [0, 0.05) is 38.3 Å². The molecule has 0 aromatic heterocycles. The summed E-state index contributed by atoms with van der Waals surface area (Å²) in [5.41, 5.74) is 0.962. The molecule has 0 N–H and O–H groups in total. The molecule has 1 unspecified atom stereocenters. The zero-order valence-corrected chi connectivity index (χ0v) is 16.3. The van der Waals surface area contributed by atoms with Gasteiger partial charge in [0.05, 0.1) is 11.5 Å². The molecule has 1 atom stereocenters. The van der Waals surface area contributed by atoms with Crippen molar-refractivity contribution in [1.82, 2.24) is 9.80 Å². The fourth-order valence-corrected chi connectivity index (χ4v) is 4.55. The monoisotopic (exact) mass is 408 g/mol. The van der Waals surface area contributed by atoms with Crippen molar-refractivity contribution in [3.05, 3.63) is 71.3 Å². The summed E-state index contributed by atoms with van der Waals surface area (Å²) in [5.74, 6) is -1.65. The second-order valence-corrected chi connectivity index (χ2v) is 9.23. The largest absolute Gasteiger partial charge is 0.340 e. The number of likely N-dealkylation sites (N-methyl/N-ethyl adjacent to an activating group) is 1. The molecular formula is C20H22F2N2O3S. The Morgan fingerprint density at radius 3 is 2.36 bits per heavy atom. The number of benzene rings is 2. The molecular weight excluding hydrogens is 386 g/mol. The first-order valence-electron chi connectivity index (χ1n) is 8.95. The Balaban J connectivity index is 1.84. The van der Waals surface area contributed by atoms with E-state index in [-0.39, 0.29) is 42.6 Å². The summed E-state index contributed by atoms with van der Waals surface area (Å²) in [6.45, 7) is 0.499. The Labute approximate surface area is 163 Å². The zero-order valence-electron chi connectivity index (χ0n) is 15.5. The molecule has 1 fully saturated rings. The average molecular weight is 408 g/mol. The van der Waals surface area contributed by atoms with Gasteiger partial charge in [-0.3, -0.25) is 9.69 Å². The molecule has 8 heteroatoms. The molecule has 1 heterocycles. The molecule has 1 aliphatic heterocycles. The van der Waals surface area contributed by atoms with Gasteiger partial charge in [-0.05, 0) is 11.6 Å². The first kappa shape index (κ1) is 20.4. The summed E-state index contributed by atoms with van der Waals surface area (Å²) in [6.07, 6.45) is 0. The third kappa shape index (κ3) is 4.74. The van der Waals surface area contributed by atoms with Gasteiger partial charge >= 0.3 is 0 Å². The van der Waals surface area contributed by atoms with Crippen LogP contribution in [-0.2, 0) is 21.2 Å². The van der Waals surface area contributed by atoms with Gasteiger partial charge in [0.15, 0.2) is 9.84 Å². The highest BCUT2D eigenvalue weighted by molar-refractivity contribution is 7.91. The lowest BCUT2D eigenvalue weighted by molar-refractivity contribution is -0.136. The Kier molecular flexibility index (Phi) is 6.10. The minimum atomic E-state index is -3.09. The molecule has 3 rings (SSSR count). The van der Waals surface area contributed by atoms with Crippen LogP contribution in [0.2, 0.25) is 0 Å². The van der Waals surface area contributed by atoms with Crippen molar-refractivity contribution in [3.8, 4) is 0 Å². The molecule has 0 aliphatic carbocycles. The smallest absolute Gasteiger partial charge is 0.244 e. The molecule has 28 heavy (non-hydrogen) atoms. The van der Waals surface area contributed by atoms with Gasteiger partial charge in [-0.1, -0.05) is 36.4 Å². The molecule has 0 radical (unpaired) electrons. The van der Waals surface area contributed by atoms with E-state index in [4.69, 9.17) is 0 Å².